The Kier molecular flexibility index (Phi) is 4.57. The zero-order valence-corrected chi connectivity index (χ0v) is 14.5. The van der Waals surface area contributed by atoms with Crippen molar-refractivity contribution < 1.29 is 13.2 Å². The molecule has 8 nitrogen and oxygen atoms in total. The monoisotopic (exact) mass is 351 g/mol. The number of nitrogens with zero attached hydrogens (tertiary/aromatic N) is 3. The molecule has 2 aliphatic heterocycles. The van der Waals surface area contributed by atoms with Crippen LogP contribution in [0.5, 0.6) is 0 Å². The molecule has 1 fully saturated rings. The van der Waals surface area contributed by atoms with Gasteiger partial charge in [0.1, 0.15) is 11.9 Å². The van der Waals surface area contributed by atoms with Gasteiger partial charge in [-0.25, -0.2) is 13.4 Å². The van der Waals surface area contributed by atoms with Crippen LogP contribution in [0, 0.1) is 0 Å². The molecule has 0 saturated carbocycles. The first-order chi connectivity index (χ1) is 11.4. The highest BCUT2D eigenvalue weighted by Crippen LogP contribution is 2.22. The summed E-state index contributed by atoms with van der Waals surface area (Å²) in [7, 11) is -1.55. The van der Waals surface area contributed by atoms with Crippen LogP contribution in [0.1, 0.15) is 12.5 Å². The molecule has 2 aliphatic rings. The molecule has 1 saturated heterocycles. The van der Waals surface area contributed by atoms with Crippen LogP contribution in [0.25, 0.3) is 0 Å². The minimum atomic E-state index is -3.59. The Hall–Kier alpha value is -1.97. The third kappa shape index (κ3) is 3.42. The predicted molar refractivity (Wildman–Crippen MR) is 90.0 cm³/mol. The summed E-state index contributed by atoms with van der Waals surface area (Å²) >= 11 is 0. The van der Waals surface area contributed by atoms with E-state index in [-0.39, 0.29) is 16.6 Å². The van der Waals surface area contributed by atoms with Crippen molar-refractivity contribution in [2.75, 3.05) is 33.2 Å². The zero-order chi connectivity index (χ0) is 17.3. The van der Waals surface area contributed by atoms with E-state index in [1.54, 1.807) is 25.1 Å². The molecule has 24 heavy (non-hydrogen) atoms. The topological polar surface area (TPSA) is 94.1 Å². The first kappa shape index (κ1) is 16.9. The number of sulfonamides is 1. The molecule has 1 amide bonds. The Morgan fingerprint density at radius 3 is 2.62 bits per heavy atom. The fourth-order valence-corrected chi connectivity index (χ4v) is 3.89. The van der Waals surface area contributed by atoms with Crippen molar-refractivity contribution in [3.63, 3.8) is 0 Å². The molecule has 1 atom stereocenters. The Balaban J connectivity index is 1.71. The van der Waals surface area contributed by atoms with Crippen molar-refractivity contribution in [1.29, 1.82) is 0 Å². The van der Waals surface area contributed by atoms with E-state index in [9.17, 15) is 13.2 Å². The SMILES string of the molecule is C[C@H](N=C1NS(=O)(=O)c2ccccc21)C(=O)NN1CCN(C)CC1. The van der Waals surface area contributed by atoms with Gasteiger partial charge >= 0.3 is 0 Å². The summed E-state index contributed by atoms with van der Waals surface area (Å²) in [4.78, 5) is 19.0. The van der Waals surface area contributed by atoms with Gasteiger partial charge < -0.3 is 4.90 Å². The number of carbonyl (C=O) groups excluding carboxylic acids is 1. The van der Waals surface area contributed by atoms with Crippen LogP contribution in [0.2, 0.25) is 0 Å². The van der Waals surface area contributed by atoms with Gasteiger partial charge in [-0.2, -0.15) is 0 Å². The second kappa shape index (κ2) is 6.50. The number of nitrogens with one attached hydrogen (secondary N) is 2. The normalized spacial score (nSPS) is 23.5. The lowest BCUT2D eigenvalue weighted by molar-refractivity contribution is -0.127. The molecule has 0 unspecified atom stereocenters. The van der Waals surface area contributed by atoms with Crippen LogP contribution in [0.4, 0.5) is 0 Å². The number of hydrazine groups is 1. The molecular weight excluding hydrogens is 330 g/mol. The van der Waals surface area contributed by atoms with Crippen molar-refractivity contribution in [3.8, 4) is 0 Å². The molecule has 2 N–H and O–H groups in total. The van der Waals surface area contributed by atoms with E-state index in [0.29, 0.717) is 5.56 Å². The average Bonchev–Trinajstić information content (AvgIpc) is 2.81. The van der Waals surface area contributed by atoms with Crippen LogP contribution in [0.3, 0.4) is 0 Å². The molecule has 0 aliphatic carbocycles. The van der Waals surface area contributed by atoms with E-state index in [1.807, 2.05) is 12.1 Å². The van der Waals surface area contributed by atoms with Crippen molar-refractivity contribution >= 4 is 21.8 Å². The van der Waals surface area contributed by atoms with Gasteiger partial charge in [-0.3, -0.25) is 19.9 Å². The summed E-state index contributed by atoms with van der Waals surface area (Å²) in [6.07, 6.45) is 0. The average molecular weight is 351 g/mol. The van der Waals surface area contributed by atoms with Gasteiger partial charge in [-0.05, 0) is 26.1 Å². The van der Waals surface area contributed by atoms with Gasteiger partial charge in [0.2, 0.25) is 0 Å². The van der Waals surface area contributed by atoms with E-state index < -0.39 is 16.1 Å². The Labute approximate surface area is 141 Å². The van der Waals surface area contributed by atoms with Gasteiger partial charge in [0.05, 0.1) is 4.90 Å². The van der Waals surface area contributed by atoms with Gasteiger partial charge in [0.15, 0.2) is 0 Å². The molecule has 2 heterocycles. The largest absolute Gasteiger partial charge is 0.304 e. The zero-order valence-electron chi connectivity index (χ0n) is 13.7. The molecule has 1 aromatic rings. The summed E-state index contributed by atoms with van der Waals surface area (Å²) in [5.41, 5.74) is 3.34. The second-order valence-corrected chi connectivity index (χ2v) is 7.67. The maximum Gasteiger partial charge on any atom is 0.263 e. The molecule has 3 rings (SSSR count). The molecule has 1 aromatic carbocycles. The third-order valence-corrected chi connectivity index (χ3v) is 5.53. The molecular formula is C15H21N5O3S. The van der Waals surface area contributed by atoms with Crippen LogP contribution in [0.15, 0.2) is 34.2 Å². The number of hydrogen-bond acceptors (Lipinski definition) is 6. The Morgan fingerprint density at radius 1 is 1.25 bits per heavy atom. The molecule has 9 heteroatoms. The van der Waals surface area contributed by atoms with Crippen molar-refractivity contribution in [2.45, 2.75) is 17.9 Å². The van der Waals surface area contributed by atoms with E-state index in [0.717, 1.165) is 26.2 Å². The van der Waals surface area contributed by atoms with E-state index in [2.05, 4.69) is 20.0 Å². The first-order valence-corrected chi connectivity index (χ1v) is 9.29. The number of benzene rings is 1. The van der Waals surface area contributed by atoms with E-state index >= 15 is 0 Å². The number of hydrogen-bond donors (Lipinski definition) is 2. The first-order valence-electron chi connectivity index (χ1n) is 7.81. The highest BCUT2D eigenvalue weighted by atomic mass is 32.2. The van der Waals surface area contributed by atoms with Crippen LogP contribution in [-0.2, 0) is 14.8 Å². The van der Waals surface area contributed by atoms with Crippen molar-refractivity contribution in [2.24, 2.45) is 4.99 Å². The number of fused-ring (bicyclic) bond motifs is 1. The maximum atomic E-state index is 12.3. The fraction of sp³-hybridized carbons (Fsp3) is 0.467. The number of amides is 1. The number of aliphatic imine (C=N–C) groups is 1. The number of carbonyl (C=O) groups is 1. The predicted octanol–water partition coefficient (Wildman–Crippen LogP) is -0.608. The minimum absolute atomic E-state index is 0.190. The second-order valence-electron chi connectivity index (χ2n) is 6.02. The molecule has 0 bridgehead atoms. The van der Waals surface area contributed by atoms with Crippen LogP contribution >= 0.6 is 0 Å². The maximum absolute atomic E-state index is 12.3. The number of rotatable bonds is 3. The third-order valence-electron chi connectivity index (χ3n) is 4.14. The summed E-state index contributed by atoms with van der Waals surface area (Å²) in [6, 6.07) is 5.90. The number of piperazine rings is 1. The lowest BCUT2D eigenvalue weighted by atomic mass is 10.2. The highest BCUT2D eigenvalue weighted by molar-refractivity contribution is 7.90. The number of amidine groups is 1. The van der Waals surface area contributed by atoms with Gasteiger partial charge in [-0.1, -0.05) is 12.1 Å². The Bertz CT molecular complexity index is 769. The highest BCUT2D eigenvalue weighted by Gasteiger charge is 2.31. The van der Waals surface area contributed by atoms with Gasteiger partial charge in [0, 0.05) is 31.7 Å². The number of likely N-dealkylation sites (N-methyl/N-ethyl adjacent to an activating group) is 1. The van der Waals surface area contributed by atoms with E-state index in [4.69, 9.17) is 0 Å². The quantitative estimate of drug-likeness (QED) is 0.758. The van der Waals surface area contributed by atoms with Crippen molar-refractivity contribution in [1.82, 2.24) is 20.1 Å². The van der Waals surface area contributed by atoms with Gasteiger partial charge in [0.25, 0.3) is 15.9 Å². The fourth-order valence-electron chi connectivity index (χ4n) is 2.65. The summed E-state index contributed by atoms with van der Waals surface area (Å²) in [5.74, 6) is -0.0396. The summed E-state index contributed by atoms with van der Waals surface area (Å²) in [5, 5.41) is 1.87. The summed E-state index contributed by atoms with van der Waals surface area (Å²) in [6.45, 7) is 4.92. The molecule has 0 radical (unpaired) electrons. The molecule has 0 aromatic heterocycles. The van der Waals surface area contributed by atoms with Crippen LogP contribution < -0.4 is 10.1 Å². The van der Waals surface area contributed by atoms with Crippen molar-refractivity contribution in [3.05, 3.63) is 29.8 Å². The smallest absolute Gasteiger partial charge is 0.263 e. The Morgan fingerprint density at radius 2 is 1.92 bits per heavy atom. The molecule has 0 spiro atoms. The lowest BCUT2D eigenvalue weighted by Gasteiger charge is -2.32. The molecule has 130 valence electrons. The van der Waals surface area contributed by atoms with Gasteiger partial charge in [-0.15, -0.1) is 0 Å². The standard InChI is InChI=1S/C15H21N5O3S/c1-11(15(21)17-20-9-7-19(2)8-10-20)16-14-12-5-3-4-6-13(12)24(22,23)18-14/h3-6,11H,7-10H2,1-2H3,(H,16,18)(H,17,21)/t11-/m0/s1. The lowest BCUT2D eigenvalue weighted by Crippen LogP contribution is -2.54. The minimum Gasteiger partial charge on any atom is -0.304 e. The van der Waals surface area contributed by atoms with E-state index in [1.165, 1.54) is 6.07 Å². The summed E-state index contributed by atoms with van der Waals surface area (Å²) < 4.78 is 26.5. The van der Waals surface area contributed by atoms with Crippen LogP contribution in [-0.4, -0.2) is 69.3 Å².